The molecule has 0 heterocycles. The molecule has 1 aromatic rings. The predicted molar refractivity (Wildman–Crippen MR) is 129 cm³/mol. The molecule has 0 spiro atoms. The number of rotatable bonds is 2. The highest BCUT2D eigenvalue weighted by Gasteiger charge is 2.69. The van der Waals surface area contributed by atoms with E-state index in [0.717, 1.165) is 0 Å². The summed E-state index contributed by atoms with van der Waals surface area (Å²) in [5.41, 5.74) is -1.88. The third-order valence-corrected chi connectivity index (χ3v) is 7.04. The van der Waals surface area contributed by atoms with Crippen LogP contribution in [0.4, 0.5) is 0 Å². The van der Waals surface area contributed by atoms with Gasteiger partial charge in [-0.15, -0.1) is 0 Å². The zero-order valence-electron chi connectivity index (χ0n) is 19.7. The van der Waals surface area contributed by atoms with Crippen LogP contribution in [0.3, 0.4) is 0 Å². The number of ketones is 2. The molecule has 36 heavy (non-hydrogen) atoms. The maximum atomic E-state index is 13.3. The number of carbonyl (C=O) groups is 3. The zero-order chi connectivity index (χ0) is 24.8. The molecule has 0 bridgehead atoms. The molecule has 4 rings (SSSR count). The molecule has 0 aromatic heterocycles. The van der Waals surface area contributed by atoms with Gasteiger partial charge in [0.15, 0.2) is 11.4 Å². The number of aliphatic hydroxyl groups is 5. The first kappa shape index (κ1) is 31.1. The fraction of sp³-hybridized carbons (Fsp3) is 0.409. The molecule has 3 aliphatic rings. The molecular formula is C22H31N2O11P. The summed E-state index contributed by atoms with van der Waals surface area (Å²) in [5, 5.41) is 66.5. The standard InChI is InChI=1S/C22H24N2O9.2H2O.H3P/c1-21(32)7-5-4-6-8(25)9(7)15(26)10-12(21)17(28)13-14(24(2)3)16(27)11(20(23)31)19(30)22(13,33)18(10)29;;;/h4-6,12-14,17,25,27-29,32-33H,1-3H3,(H2,23,31);2*1H2;1H3/t12-,13-,14+,17+,21-,22+;;;/m1.../s1. The highest BCUT2D eigenvalue weighted by molar-refractivity contribution is 6.92. The van der Waals surface area contributed by atoms with Gasteiger partial charge in [0.2, 0.25) is 5.78 Å². The summed E-state index contributed by atoms with van der Waals surface area (Å²) >= 11 is 0. The van der Waals surface area contributed by atoms with Crippen LogP contribution in [0.2, 0.25) is 0 Å². The van der Waals surface area contributed by atoms with E-state index in [2.05, 4.69) is 0 Å². The van der Waals surface area contributed by atoms with Gasteiger partial charge in [-0.1, -0.05) is 12.1 Å². The number of hydrogen-bond acceptors (Lipinski definition) is 10. The fourth-order valence-electron chi connectivity index (χ4n) is 5.60. The Hall–Kier alpha value is -2.90. The number of phenols is 1. The number of Topliss-reactive ketones (excluding diaryl/α,β-unsaturated/α-hetero) is 2. The normalized spacial score (nSPS) is 33.0. The summed E-state index contributed by atoms with van der Waals surface area (Å²) in [5.74, 6) is -9.66. The summed E-state index contributed by atoms with van der Waals surface area (Å²) in [6.45, 7) is 1.25. The summed E-state index contributed by atoms with van der Waals surface area (Å²) < 4.78 is 0. The molecule has 200 valence electrons. The molecule has 0 aliphatic heterocycles. The van der Waals surface area contributed by atoms with Gasteiger partial charge in [0, 0.05) is 0 Å². The van der Waals surface area contributed by atoms with Gasteiger partial charge in [-0.05, 0) is 32.6 Å². The summed E-state index contributed by atoms with van der Waals surface area (Å²) in [6.07, 6.45) is -1.87. The van der Waals surface area contributed by atoms with Gasteiger partial charge in [-0.25, -0.2) is 0 Å². The van der Waals surface area contributed by atoms with Crippen molar-refractivity contribution >= 4 is 27.4 Å². The third kappa shape index (κ3) is 3.55. The van der Waals surface area contributed by atoms with E-state index >= 15 is 0 Å². The number of amides is 1. The highest BCUT2D eigenvalue weighted by Crippen LogP contribution is 2.56. The van der Waals surface area contributed by atoms with Crippen LogP contribution in [0.25, 0.3) is 0 Å². The van der Waals surface area contributed by atoms with E-state index in [1.807, 2.05) is 0 Å². The van der Waals surface area contributed by atoms with Crippen LogP contribution in [-0.2, 0) is 15.2 Å². The topological polar surface area (TPSA) is 265 Å². The van der Waals surface area contributed by atoms with Crippen LogP contribution >= 0.6 is 9.90 Å². The lowest BCUT2D eigenvalue weighted by Gasteiger charge is -2.55. The molecule has 1 aromatic carbocycles. The monoisotopic (exact) mass is 530 g/mol. The number of fused-ring (bicyclic) bond motifs is 3. The second-order valence-electron chi connectivity index (χ2n) is 9.06. The zero-order valence-corrected chi connectivity index (χ0v) is 21.1. The summed E-state index contributed by atoms with van der Waals surface area (Å²) in [4.78, 5) is 39.8. The first-order valence-electron chi connectivity index (χ1n) is 10.1. The van der Waals surface area contributed by atoms with E-state index < -0.39 is 81.1 Å². The van der Waals surface area contributed by atoms with Gasteiger partial charge in [0.1, 0.15) is 22.8 Å². The molecule has 1 amide bonds. The third-order valence-electron chi connectivity index (χ3n) is 7.04. The Balaban J connectivity index is 0.00000216. The molecule has 13 nitrogen and oxygen atoms in total. The van der Waals surface area contributed by atoms with Crippen LogP contribution < -0.4 is 5.73 Å². The van der Waals surface area contributed by atoms with Crippen LogP contribution in [0, 0.1) is 11.8 Å². The summed E-state index contributed by atoms with van der Waals surface area (Å²) in [6, 6.07) is 2.54. The molecule has 0 saturated carbocycles. The largest absolute Gasteiger partial charge is 0.510 e. The van der Waals surface area contributed by atoms with Crippen molar-refractivity contribution in [1.82, 2.24) is 4.90 Å². The Morgan fingerprint density at radius 2 is 1.64 bits per heavy atom. The number of likely N-dealkylation sites (N-methyl/N-ethyl adjacent to an activating group) is 1. The lowest BCUT2D eigenvalue weighted by molar-refractivity contribution is -0.173. The van der Waals surface area contributed by atoms with Gasteiger partial charge < -0.3 is 47.3 Å². The van der Waals surface area contributed by atoms with E-state index in [1.165, 1.54) is 44.1 Å². The minimum Gasteiger partial charge on any atom is -0.510 e. The van der Waals surface area contributed by atoms with Gasteiger partial charge >= 0.3 is 0 Å². The first-order valence-corrected chi connectivity index (χ1v) is 10.1. The minimum atomic E-state index is -3.02. The Kier molecular flexibility index (Phi) is 8.23. The number of aromatic hydroxyl groups is 1. The lowest BCUT2D eigenvalue weighted by atomic mass is 9.54. The number of nitrogens with zero attached hydrogens (tertiary/aromatic N) is 1. The molecule has 12 N–H and O–H groups in total. The van der Waals surface area contributed by atoms with Crippen LogP contribution in [0.5, 0.6) is 5.75 Å². The van der Waals surface area contributed by atoms with Crippen molar-refractivity contribution in [3.05, 3.63) is 52.0 Å². The molecule has 1 unspecified atom stereocenters. The smallest absolute Gasteiger partial charge is 0.255 e. The Morgan fingerprint density at radius 1 is 1.08 bits per heavy atom. The Labute approximate surface area is 208 Å². The maximum Gasteiger partial charge on any atom is 0.255 e. The van der Waals surface area contributed by atoms with Gasteiger partial charge in [0.25, 0.3) is 5.91 Å². The van der Waals surface area contributed by atoms with E-state index in [-0.39, 0.29) is 32.0 Å². The van der Waals surface area contributed by atoms with Gasteiger partial charge in [0.05, 0.1) is 40.7 Å². The maximum absolute atomic E-state index is 13.3. The fourth-order valence-corrected chi connectivity index (χ4v) is 5.60. The van der Waals surface area contributed by atoms with Crippen molar-refractivity contribution in [3.63, 3.8) is 0 Å². The quantitative estimate of drug-likeness (QED) is 0.152. The van der Waals surface area contributed by atoms with Crippen molar-refractivity contribution in [2.24, 2.45) is 17.6 Å². The summed E-state index contributed by atoms with van der Waals surface area (Å²) in [7, 11) is 2.85. The Morgan fingerprint density at radius 3 is 2.14 bits per heavy atom. The predicted octanol–water partition coefficient (Wildman–Crippen LogP) is -2.83. The van der Waals surface area contributed by atoms with E-state index in [9.17, 15) is 45.0 Å². The number of phenolic OH excluding ortho intramolecular Hbond substituents is 1. The van der Waals surface area contributed by atoms with E-state index in [1.54, 1.807) is 0 Å². The second-order valence-corrected chi connectivity index (χ2v) is 9.06. The number of primary amides is 1. The van der Waals surface area contributed by atoms with Crippen molar-refractivity contribution < 1.29 is 56.0 Å². The molecular weight excluding hydrogens is 499 g/mol. The van der Waals surface area contributed by atoms with Gasteiger partial charge in [-0.3, -0.25) is 19.3 Å². The number of aliphatic hydroxyl groups excluding tert-OH is 3. The second kappa shape index (κ2) is 9.52. The van der Waals surface area contributed by atoms with Crippen LogP contribution in [-0.4, -0.2) is 95.8 Å². The first-order chi connectivity index (χ1) is 15.2. The van der Waals surface area contributed by atoms with Gasteiger partial charge in [-0.2, -0.15) is 9.90 Å². The number of nitrogens with two attached hydrogens (primary N) is 1. The van der Waals surface area contributed by atoms with Crippen molar-refractivity contribution in [2.75, 3.05) is 14.1 Å². The van der Waals surface area contributed by atoms with Crippen molar-refractivity contribution in [1.29, 1.82) is 0 Å². The molecule has 14 heteroatoms. The lowest BCUT2D eigenvalue weighted by Crippen LogP contribution is -2.70. The van der Waals surface area contributed by atoms with Crippen LogP contribution in [0.15, 0.2) is 40.9 Å². The average molecular weight is 530 g/mol. The van der Waals surface area contributed by atoms with Crippen LogP contribution in [0.1, 0.15) is 22.8 Å². The van der Waals surface area contributed by atoms with E-state index in [4.69, 9.17) is 5.73 Å². The Bertz CT molecular complexity index is 1190. The molecule has 0 saturated heterocycles. The SMILES string of the molecule is CN(C)[C@@H]1C(O)=C(C(N)=O)C(=O)[C@@]2(O)C(O)=C3C(=O)c4c(O)cccc4[C@@](C)(O)[C@H]3[C@H](O)[C@@H]12.O.O.P. The molecule has 0 fully saturated rings. The number of carbonyl (C=O) groups excluding carboxylic acids is 3. The van der Waals surface area contributed by atoms with Crippen molar-refractivity contribution in [3.8, 4) is 5.75 Å². The number of hydrogen-bond donors (Lipinski definition) is 7. The van der Waals surface area contributed by atoms with E-state index in [0.29, 0.717) is 0 Å². The molecule has 3 aliphatic carbocycles. The molecule has 0 radical (unpaired) electrons. The highest BCUT2D eigenvalue weighted by atomic mass is 31.0. The number of benzene rings is 1. The minimum absolute atomic E-state index is 0. The van der Waals surface area contributed by atoms with Crippen molar-refractivity contribution in [2.45, 2.75) is 30.3 Å². The average Bonchev–Trinajstić information content (AvgIpc) is 2.70. The molecule has 7 atom stereocenters.